The molecule has 94 valence electrons. The first-order valence-corrected chi connectivity index (χ1v) is 5.76. The molecular formula is C13H13NO4. The molecule has 0 saturated carbocycles. The lowest BCUT2D eigenvalue weighted by molar-refractivity contribution is -0.143. The third kappa shape index (κ3) is 2.25. The van der Waals surface area contributed by atoms with Crippen molar-refractivity contribution in [2.45, 2.75) is 19.8 Å². The molecule has 0 aliphatic carbocycles. The number of fused-ring (bicyclic) bond motifs is 1. The number of imide groups is 1. The summed E-state index contributed by atoms with van der Waals surface area (Å²) in [5.41, 5.74) is 1.46. The number of aryl methyl sites for hydroxylation is 1. The van der Waals surface area contributed by atoms with Gasteiger partial charge in [-0.3, -0.25) is 19.7 Å². The lowest BCUT2D eigenvalue weighted by Crippen LogP contribution is -2.20. The van der Waals surface area contributed by atoms with E-state index < -0.39 is 5.91 Å². The standard InChI is InChI=1S/C13H13NO4/c1-2-18-10(15)7-6-8-4-3-5-9-11(8)13(17)14-12(9)16/h3-5H,2,6-7H2,1H3,(H,14,16,17). The fourth-order valence-electron chi connectivity index (χ4n) is 1.97. The average molecular weight is 247 g/mol. The average Bonchev–Trinajstić information content (AvgIpc) is 2.64. The molecule has 0 radical (unpaired) electrons. The van der Waals surface area contributed by atoms with Gasteiger partial charge in [-0.05, 0) is 25.0 Å². The lowest BCUT2D eigenvalue weighted by atomic mass is 9.99. The summed E-state index contributed by atoms with van der Waals surface area (Å²) in [6, 6.07) is 5.05. The largest absolute Gasteiger partial charge is 0.466 e. The van der Waals surface area contributed by atoms with Gasteiger partial charge in [0, 0.05) is 6.42 Å². The summed E-state index contributed by atoms with van der Waals surface area (Å²) in [4.78, 5) is 34.3. The van der Waals surface area contributed by atoms with Crippen LogP contribution in [0.25, 0.3) is 0 Å². The second-order valence-electron chi connectivity index (χ2n) is 3.93. The van der Waals surface area contributed by atoms with Crippen molar-refractivity contribution in [1.29, 1.82) is 0 Å². The van der Waals surface area contributed by atoms with Gasteiger partial charge in [0.2, 0.25) is 0 Å². The second kappa shape index (κ2) is 5.00. The number of rotatable bonds is 4. The van der Waals surface area contributed by atoms with Gasteiger partial charge in [-0.2, -0.15) is 0 Å². The molecule has 1 heterocycles. The van der Waals surface area contributed by atoms with Crippen LogP contribution in [0.2, 0.25) is 0 Å². The van der Waals surface area contributed by atoms with Crippen molar-refractivity contribution in [3.8, 4) is 0 Å². The highest BCUT2D eigenvalue weighted by Gasteiger charge is 2.28. The molecular weight excluding hydrogens is 234 g/mol. The Hall–Kier alpha value is -2.17. The molecule has 1 aliphatic heterocycles. The van der Waals surface area contributed by atoms with Crippen molar-refractivity contribution in [3.63, 3.8) is 0 Å². The van der Waals surface area contributed by atoms with E-state index in [0.717, 1.165) is 0 Å². The molecule has 2 rings (SSSR count). The number of nitrogens with one attached hydrogen (secondary N) is 1. The van der Waals surface area contributed by atoms with Crippen LogP contribution < -0.4 is 5.32 Å². The van der Waals surface area contributed by atoms with E-state index in [4.69, 9.17) is 4.74 Å². The second-order valence-corrected chi connectivity index (χ2v) is 3.93. The molecule has 0 spiro atoms. The number of benzene rings is 1. The Kier molecular flexibility index (Phi) is 3.41. The van der Waals surface area contributed by atoms with Crippen molar-refractivity contribution >= 4 is 17.8 Å². The highest BCUT2D eigenvalue weighted by molar-refractivity contribution is 6.22. The zero-order chi connectivity index (χ0) is 13.1. The molecule has 0 fully saturated rings. The summed E-state index contributed by atoms with van der Waals surface area (Å²) < 4.78 is 4.82. The topological polar surface area (TPSA) is 72.5 Å². The van der Waals surface area contributed by atoms with Gasteiger partial charge >= 0.3 is 5.97 Å². The fourth-order valence-corrected chi connectivity index (χ4v) is 1.97. The van der Waals surface area contributed by atoms with Crippen LogP contribution in [-0.4, -0.2) is 24.4 Å². The van der Waals surface area contributed by atoms with Gasteiger partial charge < -0.3 is 4.74 Å². The van der Waals surface area contributed by atoms with Gasteiger partial charge in [-0.1, -0.05) is 12.1 Å². The summed E-state index contributed by atoms with van der Waals surface area (Å²) in [5.74, 6) is -1.08. The number of ether oxygens (including phenoxy) is 1. The SMILES string of the molecule is CCOC(=O)CCc1cccc2c1C(=O)NC2=O. The first-order valence-electron chi connectivity index (χ1n) is 5.76. The predicted molar refractivity (Wildman–Crippen MR) is 63.2 cm³/mol. The van der Waals surface area contributed by atoms with Crippen LogP contribution in [0.15, 0.2) is 18.2 Å². The summed E-state index contributed by atoms with van der Waals surface area (Å²) in [6.07, 6.45) is 0.592. The predicted octanol–water partition coefficient (Wildman–Crippen LogP) is 1.07. The van der Waals surface area contributed by atoms with Crippen molar-refractivity contribution in [1.82, 2.24) is 5.32 Å². The minimum Gasteiger partial charge on any atom is -0.466 e. The first-order chi connectivity index (χ1) is 8.63. The van der Waals surface area contributed by atoms with Crippen LogP contribution >= 0.6 is 0 Å². The molecule has 5 nitrogen and oxygen atoms in total. The van der Waals surface area contributed by atoms with Crippen LogP contribution in [0.1, 0.15) is 39.6 Å². The molecule has 0 bridgehead atoms. The Morgan fingerprint density at radius 1 is 1.28 bits per heavy atom. The van der Waals surface area contributed by atoms with E-state index in [9.17, 15) is 14.4 Å². The Labute approximate surface area is 104 Å². The zero-order valence-corrected chi connectivity index (χ0v) is 9.99. The van der Waals surface area contributed by atoms with E-state index in [-0.39, 0.29) is 18.3 Å². The van der Waals surface area contributed by atoms with Gasteiger partial charge in [0.1, 0.15) is 0 Å². The normalized spacial score (nSPS) is 13.2. The Morgan fingerprint density at radius 2 is 2.06 bits per heavy atom. The summed E-state index contributed by atoms with van der Waals surface area (Å²) >= 11 is 0. The molecule has 1 aromatic carbocycles. The number of carbonyl (C=O) groups excluding carboxylic acids is 3. The summed E-state index contributed by atoms with van der Waals surface area (Å²) in [7, 11) is 0. The third-order valence-corrected chi connectivity index (χ3v) is 2.75. The molecule has 5 heteroatoms. The minimum atomic E-state index is -0.394. The molecule has 18 heavy (non-hydrogen) atoms. The molecule has 1 aromatic rings. The van der Waals surface area contributed by atoms with Crippen LogP contribution in [0.3, 0.4) is 0 Å². The van der Waals surface area contributed by atoms with Gasteiger partial charge in [-0.15, -0.1) is 0 Å². The molecule has 1 N–H and O–H groups in total. The van der Waals surface area contributed by atoms with Crippen molar-refractivity contribution in [2.75, 3.05) is 6.61 Å². The summed E-state index contributed by atoms with van der Waals surface area (Å²) in [5, 5.41) is 2.24. The fraction of sp³-hybridized carbons (Fsp3) is 0.308. The number of amides is 2. The van der Waals surface area contributed by atoms with Crippen molar-refractivity contribution in [2.24, 2.45) is 0 Å². The molecule has 0 unspecified atom stereocenters. The molecule has 1 aliphatic rings. The van der Waals surface area contributed by atoms with Gasteiger partial charge in [-0.25, -0.2) is 0 Å². The van der Waals surface area contributed by atoms with Crippen molar-refractivity contribution in [3.05, 3.63) is 34.9 Å². The minimum absolute atomic E-state index is 0.200. The molecule has 0 atom stereocenters. The number of esters is 1. The molecule has 0 aromatic heterocycles. The summed E-state index contributed by atoms with van der Waals surface area (Å²) in [6.45, 7) is 2.08. The lowest BCUT2D eigenvalue weighted by Gasteiger charge is -2.05. The van der Waals surface area contributed by atoms with Crippen LogP contribution in [0, 0.1) is 0 Å². The monoisotopic (exact) mass is 247 g/mol. The van der Waals surface area contributed by atoms with E-state index in [1.807, 2.05) is 0 Å². The number of hydrogen-bond donors (Lipinski definition) is 1. The maximum atomic E-state index is 11.6. The highest BCUT2D eigenvalue weighted by Crippen LogP contribution is 2.21. The van der Waals surface area contributed by atoms with Crippen LogP contribution in [0.5, 0.6) is 0 Å². The number of hydrogen-bond acceptors (Lipinski definition) is 4. The maximum Gasteiger partial charge on any atom is 0.306 e. The molecule has 0 saturated heterocycles. The van der Waals surface area contributed by atoms with E-state index in [1.54, 1.807) is 25.1 Å². The van der Waals surface area contributed by atoms with E-state index in [1.165, 1.54) is 0 Å². The highest BCUT2D eigenvalue weighted by atomic mass is 16.5. The Morgan fingerprint density at radius 3 is 2.78 bits per heavy atom. The smallest absolute Gasteiger partial charge is 0.306 e. The van der Waals surface area contributed by atoms with Gasteiger partial charge in [0.15, 0.2) is 0 Å². The van der Waals surface area contributed by atoms with E-state index in [0.29, 0.717) is 29.7 Å². The quantitative estimate of drug-likeness (QED) is 0.638. The van der Waals surface area contributed by atoms with Gasteiger partial charge in [0.25, 0.3) is 11.8 Å². The van der Waals surface area contributed by atoms with Crippen molar-refractivity contribution < 1.29 is 19.1 Å². The van der Waals surface area contributed by atoms with Crippen LogP contribution in [-0.2, 0) is 16.0 Å². The first kappa shape index (κ1) is 12.3. The Bertz CT molecular complexity index is 522. The Balaban J connectivity index is 2.18. The zero-order valence-electron chi connectivity index (χ0n) is 9.99. The van der Waals surface area contributed by atoms with E-state index >= 15 is 0 Å². The number of carbonyl (C=O) groups is 3. The van der Waals surface area contributed by atoms with E-state index in [2.05, 4.69) is 5.32 Å². The molecule has 2 amide bonds. The van der Waals surface area contributed by atoms with Crippen LogP contribution in [0.4, 0.5) is 0 Å². The van der Waals surface area contributed by atoms with Gasteiger partial charge in [0.05, 0.1) is 17.7 Å². The third-order valence-electron chi connectivity index (χ3n) is 2.75. The maximum absolute atomic E-state index is 11.6.